The Morgan fingerprint density at radius 1 is 1.05 bits per heavy atom. The van der Waals surface area contributed by atoms with Gasteiger partial charge in [0.25, 0.3) is 0 Å². The Labute approximate surface area is 128 Å². The van der Waals surface area contributed by atoms with Crippen LogP contribution in [-0.4, -0.2) is 5.11 Å². The van der Waals surface area contributed by atoms with Crippen molar-refractivity contribution in [1.29, 1.82) is 0 Å². The summed E-state index contributed by atoms with van der Waals surface area (Å²) in [6.07, 6.45) is 4.54. The summed E-state index contributed by atoms with van der Waals surface area (Å²) < 4.78 is 0. The van der Waals surface area contributed by atoms with Crippen LogP contribution in [0.15, 0.2) is 36.4 Å². The zero-order chi connectivity index (χ0) is 15.0. The highest BCUT2D eigenvalue weighted by Gasteiger charge is 2.37. The van der Waals surface area contributed by atoms with Gasteiger partial charge in [-0.05, 0) is 53.0 Å². The van der Waals surface area contributed by atoms with E-state index in [1.807, 2.05) is 0 Å². The summed E-state index contributed by atoms with van der Waals surface area (Å²) in [5.41, 5.74) is 2.62. The van der Waals surface area contributed by atoms with Gasteiger partial charge in [0, 0.05) is 0 Å². The summed E-state index contributed by atoms with van der Waals surface area (Å²) in [5.74, 6) is 0.359. The molecule has 1 nitrogen and oxygen atoms in total. The lowest BCUT2D eigenvalue weighted by atomic mass is 9.65. The van der Waals surface area contributed by atoms with Gasteiger partial charge in [0.1, 0.15) is 0 Å². The van der Waals surface area contributed by atoms with Crippen molar-refractivity contribution in [3.63, 3.8) is 0 Å². The number of rotatable bonds is 2. The third kappa shape index (κ3) is 2.60. The molecular weight excluding hydrogens is 256 g/mol. The maximum absolute atomic E-state index is 11.1. The first-order valence-electron chi connectivity index (χ1n) is 8.17. The van der Waals surface area contributed by atoms with Crippen molar-refractivity contribution in [1.82, 2.24) is 0 Å². The van der Waals surface area contributed by atoms with Crippen LogP contribution in [0.2, 0.25) is 0 Å². The molecule has 0 radical (unpaired) electrons. The van der Waals surface area contributed by atoms with E-state index >= 15 is 0 Å². The second-order valence-electron chi connectivity index (χ2n) is 7.30. The van der Waals surface area contributed by atoms with Crippen molar-refractivity contribution >= 4 is 10.8 Å². The number of aryl methyl sites for hydroxylation is 1. The van der Waals surface area contributed by atoms with Crippen molar-refractivity contribution < 1.29 is 5.11 Å². The van der Waals surface area contributed by atoms with Gasteiger partial charge >= 0.3 is 0 Å². The SMILES string of the molecule is Cc1ccc(C(O)C2CCCCC2(C)C)c2ccccc12. The molecule has 2 unspecified atom stereocenters. The minimum Gasteiger partial charge on any atom is -0.388 e. The van der Waals surface area contributed by atoms with Crippen molar-refractivity contribution in [2.75, 3.05) is 0 Å². The Kier molecular flexibility index (Phi) is 3.79. The second-order valence-corrected chi connectivity index (χ2v) is 7.30. The van der Waals surface area contributed by atoms with E-state index in [1.165, 1.54) is 35.6 Å². The van der Waals surface area contributed by atoms with Gasteiger partial charge in [-0.3, -0.25) is 0 Å². The molecule has 1 aliphatic carbocycles. The molecular formula is C20H26O. The summed E-state index contributed by atoms with van der Waals surface area (Å²) >= 11 is 0. The van der Waals surface area contributed by atoms with Gasteiger partial charge in [0.2, 0.25) is 0 Å². The smallest absolute Gasteiger partial charge is 0.0829 e. The highest BCUT2D eigenvalue weighted by Crippen LogP contribution is 2.47. The Balaban J connectivity index is 2.06. The van der Waals surface area contributed by atoms with E-state index in [1.54, 1.807) is 0 Å². The predicted molar refractivity (Wildman–Crippen MR) is 89.4 cm³/mol. The van der Waals surface area contributed by atoms with Gasteiger partial charge in [-0.1, -0.05) is 63.1 Å². The van der Waals surface area contributed by atoms with E-state index in [0.29, 0.717) is 5.92 Å². The molecule has 2 aromatic rings. The van der Waals surface area contributed by atoms with E-state index in [4.69, 9.17) is 0 Å². The van der Waals surface area contributed by atoms with Gasteiger partial charge in [0.15, 0.2) is 0 Å². The fourth-order valence-electron chi connectivity index (χ4n) is 4.05. The lowest BCUT2D eigenvalue weighted by Crippen LogP contribution is -2.32. The monoisotopic (exact) mass is 282 g/mol. The van der Waals surface area contributed by atoms with Crippen molar-refractivity contribution in [3.8, 4) is 0 Å². The number of aliphatic hydroxyl groups is 1. The van der Waals surface area contributed by atoms with Gasteiger partial charge in [0.05, 0.1) is 6.10 Å². The number of aliphatic hydroxyl groups excluding tert-OH is 1. The van der Waals surface area contributed by atoms with E-state index < -0.39 is 0 Å². The summed E-state index contributed by atoms with van der Waals surface area (Å²) in [4.78, 5) is 0. The van der Waals surface area contributed by atoms with Crippen LogP contribution in [0.1, 0.15) is 56.8 Å². The Bertz CT molecular complexity index is 641. The van der Waals surface area contributed by atoms with Crippen molar-refractivity contribution in [3.05, 3.63) is 47.5 Å². The van der Waals surface area contributed by atoms with E-state index in [9.17, 15) is 5.11 Å². The molecule has 1 fully saturated rings. The van der Waals surface area contributed by atoms with Crippen LogP contribution in [0.4, 0.5) is 0 Å². The molecule has 0 bridgehead atoms. The van der Waals surface area contributed by atoms with Gasteiger partial charge < -0.3 is 5.11 Å². The fourth-order valence-corrected chi connectivity index (χ4v) is 4.05. The number of hydrogen-bond donors (Lipinski definition) is 1. The Morgan fingerprint density at radius 2 is 1.76 bits per heavy atom. The zero-order valence-electron chi connectivity index (χ0n) is 13.4. The first kappa shape index (κ1) is 14.6. The van der Waals surface area contributed by atoms with Gasteiger partial charge in [-0.2, -0.15) is 0 Å². The molecule has 2 aromatic carbocycles. The molecule has 0 heterocycles. The quantitative estimate of drug-likeness (QED) is 0.782. The van der Waals surface area contributed by atoms with Gasteiger partial charge in [-0.15, -0.1) is 0 Å². The van der Waals surface area contributed by atoms with Crippen LogP contribution < -0.4 is 0 Å². The minimum atomic E-state index is -0.356. The summed E-state index contributed by atoms with van der Waals surface area (Å²) in [6.45, 7) is 6.77. The maximum Gasteiger partial charge on any atom is 0.0829 e. The molecule has 1 heteroatoms. The lowest BCUT2D eigenvalue weighted by Gasteiger charge is -2.41. The molecule has 1 N–H and O–H groups in total. The molecule has 3 rings (SSSR count). The zero-order valence-corrected chi connectivity index (χ0v) is 13.4. The first-order chi connectivity index (χ1) is 10.0. The average molecular weight is 282 g/mol. The van der Waals surface area contributed by atoms with Crippen LogP contribution in [0.5, 0.6) is 0 Å². The van der Waals surface area contributed by atoms with Crippen LogP contribution >= 0.6 is 0 Å². The van der Waals surface area contributed by atoms with E-state index in [-0.39, 0.29) is 11.5 Å². The topological polar surface area (TPSA) is 20.2 Å². The summed E-state index contributed by atoms with van der Waals surface area (Å²) in [5, 5.41) is 13.6. The molecule has 21 heavy (non-hydrogen) atoms. The third-order valence-electron chi connectivity index (χ3n) is 5.47. The molecule has 0 amide bonds. The summed E-state index contributed by atoms with van der Waals surface area (Å²) in [6, 6.07) is 12.7. The summed E-state index contributed by atoms with van der Waals surface area (Å²) in [7, 11) is 0. The molecule has 2 atom stereocenters. The fraction of sp³-hybridized carbons (Fsp3) is 0.500. The van der Waals surface area contributed by atoms with Crippen LogP contribution in [0.3, 0.4) is 0 Å². The largest absolute Gasteiger partial charge is 0.388 e. The molecule has 0 aliphatic heterocycles. The highest BCUT2D eigenvalue weighted by atomic mass is 16.3. The highest BCUT2D eigenvalue weighted by molar-refractivity contribution is 5.88. The lowest BCUT2D eigenvalue weighted by molar-refractivity contribution is 0.00467. The normalized spacial score (nSPS) is 23.1. The van der Waals surface area contributed by atoms with Crippen LogP contribution in [0.25, 0.3) is 10.8 Å². The maximum atomic E-state index is 11.1. The molecule has 112 valence electrons. The van der Waals surface area contributed by atoms with Crippen molar-refractivity contribution in [2.45, 2.75) is 52.6 Å². The Morgan fingerprint density at radius 3 is 2.48 bits per heavy atom. The average Bonchev–Trinajstić information content (AvgIpc) is 2.47. The number of benzene rings is 2. The standard InChI is InChI=1S/C20H26O/c1-14-11-12-17(16-9-5-4-8-15(14)16)19(21)18-10-6-7-13-20(18,2)3/h4-5,8-9,11-12,18-19,21H,6-7,10,13H2,1-3H3. The van der Waals surface area contributed by atoms with Crippen LogP contribution in [-0.2, 0) is 0 Å². The number of hydrogen-bond acceptors (Lipinski definition) is 1. The second kappa shape index (κ2) is 5.46. The molecule has 0 aromatic heterocycles. The third-order valence-corrected chi connectivity index (χ3v) is 5.47. The molecule has 1 aliphatic rings. The number of fused-ring (bicyclic) bond motifs is 1. The van der Waals surface area contributed by atoms with Crippen molar-refractivity contribution in [2.24, 2.45) is 11.3 Å². The van der Waals surface area contributed by atoms with Crippen LogP contribution in [0, 0.1) is 18.3 Å². The minimum absolute atomic E-state index is 0.226. The Hall–Kier alpha value is -1.34. The van der Waals surface area contributed by atoms with Gasteiger partial charge in [-0.25, -0.2) is 0 Å². The predicted octanol–water partition coefficient (Wildman–Crippen LogP) is 5.40. The van der Waals surface area contributed by atoms with E-state index in [2.05, 4.69) is 57.2 Å². The molecule has 1 saturated carbocycles. The first-order valence-corrected chi connectivity index (χ1v) is 8.17. The molecule has 0 spiro atoms. The van der Waals surface area contributed by atoms with E-state index in [0.717, 1.165) is 12.0 Å². The molecule has 0 saturated heterocycles.